The Labute approximate surface area is 116 Å². The van der Waals surface area contributed by atoms with Gasteiger partial charge in [0.05, 0.1) is 26.2 Å². The van der Waals surface area contributed by atoms with E-state index in [2.05, 4.69) is 11.9 Å². The zero-order valence-electron chi connectivity index (χ0n) is 12.2. The first-order valence-corrected chi connectivity index (χ1v) is 8.33. The average Bonchev–Trinajstić information content (AvgIpc) is 2.40. The van der Waals surface area contributed by atoms with E-state index in [1.165, 1.54) is 49.7 Å². The molecule has 0 aromatic rings. The van der Waals surface area contributed by atoms with E-state index in [0.29, 0.717) is 11.9 Å². The van der Waals surface area contributed by atoms with Gasteiger partial charge in [0.15, 0.2) is 0 Å². The first-order chi connectivity index (χ1) is 9.19. The Bertz CT molecular complexity index is 392. The number of fused-ring (bicyclic) bond motifs is 2. The van der Waals surface area contributed by atoms with E-state index in [9.17, 15) is 4.79 Å². The summed E-state index contributed by atoms with van der Waals surface area (Å²) in [6.45, 7) is 3.86. The number of quaternary nitrogens is 1. The van der Waals surface area contributed by atoms with Gasteiger partial charge in [-0.25, -0.2) is 0 Å². The average molecular weight is 263 g/mol. The number of rotatable bonds is 0. The van der Waals surface area contributed by atoms with Gasteiger partial charge in [-0.15, -0.1) is 0 Å². The van der Waals surface area contributed by atoms with Crippen LogP contribution in [0.3, 0.4) is 0 Å². The van der Waals surface area contributed by atoms with E-state index in [4.69, 9.17) is 0 Å². The van der Waals surface area contributed by atoms with Gasteiger partial charge in [-0.3, -0.25) is 4.79 Å². The highest BCUT2D eigenvalue weighted by Gasteiger charge is 2.56. The van der Waals surface area contributed by atoms with Crippen LogP contribution in [0, 0.1) is 11.8 Å². The number of amides is 1. The number of nitrogens with zero attached hydrogens (tertiary/aromatic N) is 2. The molecule has 4 aliphatic rings. The normalized spacial score (nSPS) is 49.5. The summed E-state index contributed by atoms with van der Waals surface area (Å²) < 4.78 is 1.33. The van der Waals surface area contributed by atoms with Crippen LogP contribution in [0.5, 0.6) is 0 Å². The maximum atomic E-state index is 12.3. The van der Waals surface area contributed by atoms with Gasteiger partial charge >= 0.3 is 0 Å². The summed E-state index contributed by atoms with van der Waals surface area (Å²) in [6.07, 6.45) is 8.72. The molecule has 0 unspecified atom stereocenters. The Morgan fingerprint density at radius 1 is 1.11 bits per heavy atom. The fraction of sp³-hybridized carbons (Fsp3) is 0.938. The summed E-state index contributed by atoms with van der Waals surface area (Å²) in [4.78, 5) is 14.6. The van der Waals surface area contributed by atoms with Crippen LogP contribution in [0.1, 0.15) is 44.9 Å². The highest BCUT2D eigenvalue weighted by molar-refractivity contribution is 5.77. The summed E-state index contributed by atoms with van der Waals surface area (Å²) >= 11 is 0. The van der Waals surface area contributed by atoms with Gasteiger partial charge in [-0.1, -0.05) is 0 Å². The fourth-order valence-electron chi connectivity index (χ4n) is 5.98. The Hall–Kier alpha value is -0.570. The monoisotopic (exact) mass is 263 g/mol. The molecule has 4 fully saturated rings. The van der Waals surface area contributed by atoms with Gasteiger partial charge in [-0.05, 0) is 38.5 Å². The van der Waals surface area contributed by atoms with E-state index in [1.54, 1.807) is 0 Å². The summed E-state index contributed by atoms with van der Waals surface area (Å²) in [5, 5.41) is 0. The topological polar surface area (TPSA) is 20.3 Å². The molecule has 0 N–H and O–H groups in total. The molecule has 4 heterocycles. The second-order valence-electron chi connectivity index (χ2n) is 7.63. The van der Waals surface area contributed by atoms with Gasteiger partial charge in [0.1, 0.15) is 0 Å². The summed E-state index contributed by atoms with van der Waals surface area (Å²) in [5.41, 5.74) is 0. The molecular weight excluding hydrogens is 236 g/mol. The molecule has 0 bridgehead atoms. The lowest BCUT2D eigenvalue weighted by molar-refractivity contribution is -0.952. The summed E-state index contributed by atoms with van der Waals surface area (Å²) in [5.74, 6) is 2.06. The molecule has 0 aromatic heterocycles. The number of hydrogen-bond donors (Lipinski definition) is 0. The second kappa shape index (κ2) is 4.21. The molecule has 5 atom stereocenters. The van der Waals surface area contributed by atoms with Gasteiger partial charge in [0.25, 0.3) is 0 Å². The molecule has 3 heteroatoms. The van der Waals surface area contributed by atoms with Crippen LogP contribution in [0.4, 0.5) is 0 Å². The van der Waals surface area contributed by atoms with Crippen LogP contribution in [0.15, 0.2) is 0 Å². The third-order valence-corrected chi connectivity index (χ3v) is 6.63. The standard InChI is InChI=1S/C16H27N2O/c1-18-9-3-5-12-11-17-14(7-2-8-15(17)19)13(16(12)18)6-4-10-18/h12-14,16H,2-11H2,1H3/q+1/t12-,13-,14-,16-,18+/m1/s1. The van der Waals surface area contributed by atoms with E-state index in [0.717, 1.165) is 37.3 Å². The molecule has 4 saturated heterocycles. The van der Waals surface area contributed by atoms with Crippen LogP contribution < -0.4 is 0 Å². The first kappa shape index (κ1) is 12.2. The van der Waals surface area contributed by atoms with E-state index in [1.807, 2.05) is 0 Å². The lowest BCUT2D eigenvalue weighted by Crippen LogP contribution is -2.72. The molecule has 106 valence electrons. The zero-order valence-corrected chi connectivity index (χ0v) is 12.2. The largest absolute Gasteiger partial charge is 0.339 e. The van der Waals surface area contributed by atoms with Crippen molar-refractivity contribution in [2.24, 2.45) is 11.8 Å². The molecule has 4 aliphatic heterocycles. The molecule has 0 spiro atoms. The maximum Gasteiger partial charge on any atom is 0.222 e. The molecule has 4 rings (SSSR count). The Morgan fingerprint density at radius 3 is 2.74 bits per heavy atom. The number of hydrogen-bond acceptors (Lipinski definition) is 1. The molecule has 0 aromatic carbocycles. The Morgan fingerprint density at radius 2 is 1.89 bits per heavy atom. The van der Waals surface area contributed by atoms with Crippen LogP contribution >= 0.6 is 0 Å². The minimum atomic E-state index is 0.458. The van der Waals surface area contributed by atoms with Gasteiger partial charge in [0, 0.05) is 30.8 Å². The van der Waals surface area contributed by atoms with Crippen LogP contribution in [-0.4, -0.2) is 54.1 Å². The van der Waals surface area contributed by atoms with Crippen molar-refractivity contribution in [3.05, 3.63) is 0 Å². The minimum Gasteiger partial charge on any atom is -0.339 e. The van der Waals surface area contributed by atoms with Crippen molar-refractivity contribution in [3.8, 4) is 0 Å². The van der Waals surface area contributed by atoms with E-state index >= 15 is 0 Å². The minimum absolute atomic E-state index is 0.458. The zero-order chi connectivity index (χ0) is 13.0. The Balaban J connectivity index is 1.69. The van der Waals surface area contributed by atoms with Gasteiger partial charge < -0.3 is 9.38 Å². The lowest BCUT2D eigenvalue weighted by Gasteiger charge is -2.61. The van der Waals surface area contributed by atoms with E-state index < -0.39 is 0 Å². The predicted octanol–water partition coefficient (Wildman–Crippen LogP) is 2.02. The predicted molar refractivity (Wildman–Crippen MR) is 74.5 cm³/mol. The van der Waals surface area contributed by atoms with Gasteiger partial charge in [0.2, 0.25) is 5.91 Å². The van der Waals surface area contributed by atoms with Crippen molar-refractivity contribution in [2.45, 2.75) is 57.0 Å². The summed E-state index contributed by atoms with van der Waals surface area (Å²) in [7, 11) is 2.50. The van der Waals surface area contributed by atoms with Crippen molar-refractivity contribution in [1.29, 1.82) is 0 Å². The van der Waals surface area contributed by atoms with Gasteiger partial charge in [-0.2, -0.15) is 0 Å². The molecule has 0 saturated carbocycles. The van der Waals surface area contributed by atoms with Crippen LogP contribution in [0.25, 0.3) is 0 Å². The molecule has 0 aliphatic carbocycles. The van der Waals surface area contributed by atoms with Crippen LogP contribution in [0.2, 0.25) is 0 Å². The van der Waals surface area contributed by atoms with Crippen molar-refractivity contribution in [2.75, 3.05) is 26.7 Å². The molecular formula is C16H27N2O+. The molecule has 3 nitrogen and oxygen atoms in total. The Kier molecular flexibility index (Phi) is 2.70. The maximum absolute atomic E-state index is 12.3. The quantitative estimate of drug-likeness (QED) is 0.612. The number of carbonyl (C=O) groups excluding carboxylic acids is 1. The van der Waals surface area contributed by atoms with Crippen molar-refractivity contribution in [3.63, 3.8) is 0 Å². The fourth-order valence-corrected chi connectivity index (χ4v) is 5.98. The van der Waals surface area contributed by atoms with Crippen molar-refractivity contribution >= 4 is 5.91 Å². The lowest BCUT2D eigenvalue weighted by atomic mass is 9.67. The number of piperidine rings is 4. The van der Waals surface area contributed by atoms with Crippen LogP contribution in [-0.2, 0) is 4.79 Å². The van der Waals surface area contributed by atoms with E-state index in [-0.39, 0.29) is 0 Å². The molecule has 19 heavy (non-hydrogen) atoms. The smallest absolute Gasteiger partial charge is 0.222 e. The van der Waals surface area contributed by atoms with Crippen molar-refractivity contribution in [1.82, 2.24) is 4.90 Å². The third-order valence-electron chi connectivity index (χ3n) is 6.63. The highest BCUT2D eigenvalue weighted by Crippen LogP contribution is 2.47. The molecule has 1 amide bonds. The second-order valence-corrected chi connectivity index (χ2v) is 7.63. The summed E-state index contributed by atoms with van der Waals surface area (Å²) in [6, 6.07) is 1.47. The molecule has 0 radical (unpaired) electrons. The number of carbonyl (C=O) groups is 1. The van der Waals surface area contributed by atoms with Crippen molar-refractivity contribution < 1.29 is 9.28 Å². The first-order valence-electron chi connectivity index (χ1n) is 8.33. The third kappa shape index (κ3) is 1.70. The SMILES string of the molecule is C[N@+]12CCC[C@@H]3CN4C(=O)CCC[C@@H]4[C@@H](CCC1)[C@@H]32. The highest BCUT2D eigenvalue weighted by atomic mass is 16.2.